The van der Waals surface area contributed by atoms with Gasteiger partial charge in [-0.25, -0.2) is 8.42 Å². The Hall–Kier alpha value is -0.660. The Balaban J connectivity index is 2.72. The highest BCUT2D eigenvalue weighted by Gasteiger charge is 2.34. The van der Waals surface area contributed by atoms with Gasteiger partial charge in [-0.2, -0.15) is 4.31 Å². The van der Waals surface area contributed by atoms with E-state index in [2.05, 4.69) is 0 Å². The Bertz CT molecular complexity index is 380. The molecule has 1 fully saturated rings. The van der Waals surface area contributed by atoms with Gasteiger partial charge in [0.2, 0.25) is 10.0 Å². The van der Waals surface area contributed by atoms with Crippen LogP contribution in [-0.4, -0.2) is 60.3 Å². The number of hydrogen-bond donors (Lipinski definition) is 1. The quantitative estimate of drug-likeness (QED) is 0.774. The minimum atomic E-state index is -3.35. The van der Waals surface area contributed by atoms with Crippen LogP contribution >= 0.6 is 0 Å². The van der Waals surface area contributed by atoms with Crippen molar-refractivity contribution in [3.05, 3.63) is 0 Å². The molecule has 1 aliphatic rings. The third-order valence-corrected chi connectivity index (χ3v) is 4.61. The fraction of sp³-hybridized carbons (Fsp3) is 0.900. The normalized spacial score (nSPS) is 23.8. The summed E-state index contributed by atoms with van der Waals surface area (Å²) in [6.07, 6.45) is 0. The van der Waals surface area contributed by atoms with Gasteiger partial charge in [0.25, 0.3) is 0 Å². The molecule has 0 spiro atoms. The maximum absolute atomic E-state index is 11.9. The second-order valence-corrected chi connectivity index (χ2v) is 6.76. The van der Waals surface area contributed by atoms with Crippen molar-refractivity contribution in [2.75, 3.05) is 25.5 Å². The molecule has 7 heteroatoms. The van der Waals surface area contributed by atoms with Crippen LogP contribution in [0.3, 0.4) is 0 Å². The molecule has 1 rings (SSSR count). The van der Waals surface area contributed by atoms with E-state index >= 15 is 0 Å². The molecule has 1 atom stereocenters. The molecule has 0 amide bonds. The molecule has 0 bridgehead atoms. The Labute approximate surface area is 102 Å². The van der Waals surface area contributed by atoms with Gasteiger partial charge >= 0.3 is 5.97 Å². The molecule has 100 valence electrons. The second-order valence-electron chi connectivity index (χ2n) is 4.82. The van der Waals surface area contributed by atoms with Crippen molar-refractivity contribution in [3.63, 3.8) is 0 Å². The first-order valence-electron chi connectivity index (χ1n) is 5.68. The number of nitrogens with zero attached hydrogens (tertiary/aromatic N) is 2. The number of carboxylic acids is 1. The molecule has 0 radical (unpaired) electrons. The number of hydrogen-bond acceptors (Lipinski definition) is 4. The highest BCUT2D eigenvalue weighted by atomic mass is 32.2. The van der Waals surface area contributed by atoms with E-state index in [1.165, 1.54) is 16.1 Å². The largest absolute Gasteiger partial charge is 0.480 e. The molecule has 1 saturated heterocycles. The van der Waals surface area contributed by atoms with E-state index in [0.29, 0.717) is 19.6 Å². The van der Waals surface area contributed by atoms with E-state index in [1.54, 1.807) is 0 Å². The van der Waals surface area contributed by atoms with Crippen LogP contribution in [0.25, 0.3) is 0 Å². The number of sulfonamides is 1. The number of carbonyl (C=O) groups is 1. The predicted molar refractivity (Wildman–Crippen MR) is 64.0 cm³/mol. The fourth-order valence-electron chi connectivity index (χ4n) is 1.81. The van der Waals surface area contributed by atoms with E-state index in [9.17, 15) is 13.2 Å². The minimum absolute atomic E-state index is 0.201. The molecule has 17 heavy (non-hydrogen) atoms. The third-order valence-electron chi connectivity index (χ3n) is 2.83. The minimum Gasteiger partial charge on any atom is -0.480 e. The molecule has 1 aliphatic heterocycles. The van der Waals surface area contributed by atoms with Crippen molar-refractivity contribution in [3.8, 4) is 0 Å². The van der Waals surface area contributed by atoms with Crippen LogP contribution < -0.4 is 0 Å². The first-order valence-corrected chi connectivity index (χ1v) is 7.29. The number of carboxylic acid groups (broad SMARTS) is 1. The van der Waals surface area contributed by atoms with Crippen LogP contribution in [0.4, 0.5) is 0 Å². The molecule has 1 heterocycles. The fourth-order valence-corrected chi connectivity index (χ4v) is 3.63. The Morgan fingerprint density at radius 3 is 2.29 bits per heavy atom. The van der Waals surface area contributed by atoms with Crippen molar-refractivity contribution in [1.82, 2.24) is 9.21 Å². The summed E-state index contributed by atoms with van der Waals surface area (Å²) in [6, 6.07) is -0.758. The van der Waals surface area contributed by atoms with Crippen LogP contribution in [0.2, 0.25) is 0 Å². The number of rotatable bonds is 4. The zero-order valence-corrected chi connectivity index (χ0v) is 11.3. The van der Waals surface area contributed by atoms with Crippen molar-refractivity contribution >= 4 is 16.0 Å². The van der Waals surface area contributed by atoms with E-state index in [0.717, 1.165) is 0 Å². The van der Waals surface area contributed by atoms with E-state index in [4.69, 9.17) is 5.11 Å². The highest BCUT2D eigenvalue weighted by Crippen LogP contribution is 2.15. The smallest absolute Gasteiger partial charge is 0.320 e. The molecule has 0 aromatic carbocycles. The van der Waals surface area contributed by atoms with Crippen LogP contribution in [0.5, 0.6) is 0 Å². The standard InChI is InChI=1S/C10H20N2O4S/c1-8(2)6-12-5-4-11(7-17(12,15)16)9(3)10(13)14/h8-9H,4-7H2,1-3H3,(H,13,14)/t9-/m1/s1. The molecule has 0 aromatic rings. The summed E-state index contributed by atoms with van der Waals surface area (Å²) in [5.74, 6) is -0.918. The molecule has 0 aromatic heterocycles. The average molecular weight is 264 g/mol. The van der Waals surface area contributed by atoms with Crippen LogP contribution in [-0.2, 0) is 14.8 Å². The van der Waals surface area contributed by atoms with Gasteiger partial charge in [-0.1, -0.05) is 13.8 Å². The van der Waals surface area contributed by atoms with Gasteiger partial charge in [-0.15, -0.1) is 0 Å². The lowest BCUT2D eigenvalue weighted by atomic mass is 10.2. The Morgan fingerprint density at radius 1 is 1.29 bits per heavy atom. The van der Waals surface area contributed by atoms with Crippen LogP contribution in [0.15, 0.2) is 0 Å². The van der Waals surface area contributed by atoms with E-state index in [-0.39, 0.29) is 11.8 Å². The van der Waals surface area contributed by atoms with Gasteiger partial charge in [0.1, 0.15) is 11.9 Å². The summed E-state index contributed by atoms with van der Waals surface area (Å²) < 4.78 is 25.3. The highest BCUT2D eigenvalue weighted by molar-refractivity contribution is 7.89. The molecule has 0 unspecified atom stereocenters. The average Bonchev–Trinajstić information content (AvgIpc) is 2.18. The lowest BCUT2D eigenvalue weighted by molar-refractivity contribution is -0.142. The predicted octanol–water partition coefficient (Wildman–Crippen LogP) is 0.0204. The topological polar surface area (TPSA) is 77.9 Å². The summed E-state index contributed by atoms with van der Waals surface area (Å²) in [5.41, 5.74) is 0. The zero-order chi connectivity index (χ0) is 13.2. The second kappa shape index (κ2) is 5.32. The van der Waals surface area contributed by atoms with Crippen LogP contribution in [0, 0.1) is 5.92 Å². The van der Waals surface area contributed by atoms with Crippen LogP contribution in [0.1, 0.15) is 20.8 Å². The summed E-state index contributed by atoms with van der Waals surface area (Å²) in [7, 11) is -3.35. The Kier molecular flexibility index (Phi) is 4.51. The van der Waals surface area contributed by atoms with Gasteiger partial charge in [-0.3, -0.25) is 9.69 Å². The van der Waals surface area contributed by atoms with Crippen molar-refractivity contribution < 1.29 is 18.3 Å². The maximum atomic E-state index is 11.9. The summed E-state index contributed by atoms with van der Waals surface area (Å²) in [4.78, 5) is 12.3. The van der Waals surface area contributed by atoms with Gasteiger partial charge in [0.05, 0.1) is 0 Å². The lowest BCUT2D eigenvalue weighted by Crippen LogP contribution is -2.54. The van der Waals surface area contributed by atoms with Crippen molar-refractivity contribution in [1.29, 1.82) is 0 Å². The molecule has 6 nitrogen and oxygen atoms in total. The zero-order valence-electron chi connectivity index (χ0n) is 10.5. The molecular weight excluding hydrogens is 244 g/mol. The number of aliphatic carboxylic acids is 1. The van der Waals surface area contributed by atoms with Gasteiger partial charge < -0.3 is 5.11 Å². The van der Waals surface area contributed by atoms with Gasteiger partial charge in [0, 0.05) is 19.6 Å². The molecular formula is C10H20N2O4S. The first-order chi connectivity index (χ1) is 7.74. The summed E-state index contributed by atoms with van der Waals surface area (Å²) in [6.45, 7) is 6.77. The van der Waals surface area contributed by atoms with Gasteiger partial charge in [0.15, 0.2) is 0 Å². The molecule has 1 N–H and O–H groups in total. The van der Waals surface area contributed by atoms with E-state index < -0.39 is 22.0 Å². The van der Waals surface area contributed by atoms with Gasteiger partial charge in [-0.05, 0) is 12.8 Å². The summed E-state index contributed by atoms with van der Waals surface area (Å²) in [5, 5.41) is 8.87. The monoisotopic (exact) mass is 264 g/mol. The Morgan fingerprint density at radius 2 is 1.88 bits per heavy atom. The maximum Gasteiger partial charge on any atom is 0.320 e. The SMILES string of the molecule is CC(C)CN1CCN([C@H](C)C(=O)O)CS1(=O)=O. The third kappa shape index (κ3) is 3.65. The van der Waals surface area contributed by atoms with E-state index in [1.807, 2.05) is 13.8 Å². The first kappa shape index (κ1) is 14.4. The van der Waals surface area contributed by atoms with Crippen molar-refractivity contribution in [2.24, 2.45) is 5.92 Å². The molecule has 0 saturated carbocycles. The summed E-state index contributed by atoms with van der Waals surface area (Å²) >= 11 is 0. The van der Waals surface area contributed by atoms with Crippen molar-refractivity contribution in [2.45, 2.75) is 26.8 Å². The lowest BCUT2D eigenvalue weighted by Gasteiger charge is -2.36. The molecule has 0 aliphatic carbocycles.